The van der Waals surface area contributed by atoms with E-state index in [-0.39, 0.29) is 17.4 Å². The van der Waals surface area contributed by atoms with Crippen LogP contribution in [0.3, 0.4) is 0 Å². The monoisotopic (exact) mass is 342 g/mol. The fourth-order valence-electron chi connectivity index (χ4n) is 2.53. The van der Waals surface area contributed by atoms with Gasteiger partial charge in [-0.05, 0) is 43.2 Å². The summed E-state index contributed by atoms with van der Waals surface area (Å²) in [6.45, 7) is 4.08. The van der Waals surface area contributed by atoms with Crippen molar-refractivity contribution >= 4 is 22.7 Å². The molecule has 3 aromatic rings. The number of benzene rings is 2. The third kappa shape index (κ3) is 3.36. The van der Waals surface area contributed by atoms with Crippen molar-refractivity contribution in [1.82, 2.24) is 9.55 Å². The van der Waals surface area contributed by atoms with Gasteiger partial charge >= 0.3 is 0 Å². The number of rotatable bonds is 5. The van der Waals surface area contributed by atoms with E-state index in [0.29, 0.717) is 21.8 Å². The van der Waals surface area contributed by atoms with Crippen molar-refractivity contribution in [1.29, 1.82) is 0 Å². The van der Waals surface area contributed by atoms with Crippen LogP contribution in [-0.2, 0) is 5.75 Å². The lowest BCUT2D eigenvalue weighted by molar-refractivity contribution is 0.468. The summed E-state index contributed by atoms with van der Waals surface area (Å²) >= 11 is 1.51. The molecule has 0 radical (unpaired) electrons. The highest BCUT2D eigenvalue weighted by Gasteiger charge is 2.15. The van der Waals surface area contributed by atoms with E-state index in [9.17, 15) is 9.18 Å². The summed E-state index contributed by atoms with van der Waals surface area (Å²) in [6.07, 6.45) is 0.851. The van der Waals surface area contributed by atoms with Crippen molar-refractivity contribution in [3.8, 4) is 0 Å². The van der Waals surface area contributed by atoms with Crippen LogP contribution in [0.25, 0.3) is 10.9 Å². The third-order valence-corrected chi connectivity index (χ3v) is 5.11. The molecule has 1 heterocycles. The van der Waals surface area contributed by atoms with Gasteiger partial charge in [0.15, 0.2) is 5.16 Å². The Labute approximate surface area is 144 Å². The fraction of sp³-hybridized carbons (Fsp3) is 0.263. The largest absolute Gasteiger partial charge is 0.284 e. The minimum atomic E-state index is -0.246. The highest BCUT2D eigenvalue weighted by molar-refractivity contribution is 7.98. The second kappa shape index (κ2) is 7.18. The summed E-state index contributed by atoms with van der Waals surface area (Å²) < 4.78 is 14.8. The molecule has 0 unspecified atom stereocenters. The second-order valence-electron chi connectivity index (χ2n) is 5.76. The number of thioether (sulfide) groups is 1. The van der Waals surface area contributed by atoms with Gasteiger partial charge in [0.05, 0.1) is 10.9 Å². The van der Waals surface area contributed by atoms with Crippen LogP contribution in [0.2, 0.25) is 0 Å². The van der Waals surface area contributed by atoms with E-state index in [1.165, 1.54) is 23.9 Å². The van der Waals surface area contributed by atoms with Gasteiger partial charge < -0.3 is 0 Å². The minimum absolute atomic E-state index is 0.00319. The predicted octanol–water partition coefficient (Wildman–Crippen LogP) is 4.80. The molecule has 5 heteroatoms. The number of nitrogens with zero attached hydrogens (tertiary/aromatic N) is 2. The van der Waals surface area contributed by atoms with E-state index in [2.05, 4.69) is 11.9 Å². The topological polar surface area (TPSA) is 34.9 Å². The van der Waals surface area contributed by atoms with Crippen LogP contribution in [-0.4, -0.2) is 9.55 Å². The molecule has 0 fully saturated rings. The lowest BCUT2D eigenvalue weighted by atomic mass is 10.2. The molecule has 1 atom stereocenters. The summed E-state index contributed by atoms with van der Waals surface area (Å²) in [5.41, 5.74) is 1.71. The maximum atomic E-state index is 13.0. The Bertz CT molecular complexity index is 905. The molecular weight excluding hydrogens is 323 g/mol. The fourth-order valence-corrected chi connectivity index (χ4v) is 3.58. The summed E-state index contributed by atoms with van der Waals surface area (Å²) in [5.74, 6) is 0.394. The number of fused-ring (bicyclic) bond motifs is 1. The first-order chi connectivity index (χ1) is 11.6. The molecule has 0 amide bonds. The number of halogens is 1. The van der Waals surface area contributed by atoms with Crippen molar-refractivity contribution in [3.05, 3.63) is 70.3 Å². The van der Waals surface area contributed by atoms with Crippen molar-refractivity contribution < 1.29 is 4.39 Å². The minimum Gasteiger partial charge on any atom is -0.284 e. The SMILES string of the molecule is CC[C@H](C)n1c(SCc2ccc(F)cc2)nc2ccccc2c1=O. The Balaban J connectivity index is 2.01. The maximum Gasteiger partial charge on any atom is 0.262 e. The average Bonchev–Trinajstić information content (AvgIpc) is 2.61. The Kier molecular flexibility index (Phi) is 5.00. The van der Waals surface area contributed by atoms with Gasteiger partial charge in [0.25, 0.3) is 5.56 Å². The van der Waals surface area contributed by atoms with Crippen molar-refractivity contribution in [3.63, 3.8) is 0 Å². The number of hydrogen-bond acceptors (Lipinski definition) is 3. The van der Waals surface area contributed by atoms with Gasteiger partial charge in [-0.2, -0.15) is 0 Å². The smallest absolute Gasteiger partial charge is 0.262 e. The molecule has 24 heavy (non-hydrogen) atoms. The molecule has 1 aromatic heterocycles. The first kappa shape index (κ1) is 16.7. The van der Waals surface area contributed by atoms with Crippen LogP contribution in [0.5, 0.6) is 0 Å². The van der Waals surface area contributed by atoms with Gasteiger partial charge in [0, 0.05) is 11.8 Å². The summed E-state index contributed by atoms with van der Waals surface area (Å²) in [6, 6.07) is 13.9. The first-order valence-corrected chi connectivity index (χ1v) is 8.97. The molecule has 2 aromatic carbocycles. The van der Waals surface area contributed by atoms with Crippen LogP contribution in [0.15, 0.2) is 58.5 Å². The summed E-state index contributed by atoms with van der Waals surface area (Å²) in [5, 5.41) is 1.35. The lowest BCUT2D eigenvalue weighted by Crippen LogP contribution is -2.26. The molecule has 3 rings (SSSR count). The van der Waals surface area contributed by atoms with E-state index in [4.69, 9.17) is 0 Å². The van der Waals surface area contributed by atoms with Crippen LogP contribution in [0, 0.1) is 5.82 Å². The second-order valence-corrected chi connectivity index (χ2v) is 6.70. The molecule has 0 spiro atoms. The molecule has 0 aliphatic rings. The highest BCUT2D eigenvalue weighted by atomic mass is 32.2. The number of para-hydroxylation sites is 1. The van der Waals surface area contributed by atoms with Gasteiger partial charge in [0.1, 0.15) is 5.82 Å². The van der Waals surface area contributed by atoms with Crippen LogP contribution in [0.4, 0.5) is 4.39 Å². The normalized spacial score (nSPS) is 12.5. The standard InChI is InChI=1S/C19H19FN2OS/c1-3-13(2)22-18(23)16-6-4-5-7-17(16)21-19(22)24-12-14-8-10-15(20)11-9-14/h4-11,13H,3,12H2,1-2H3/t13-/m0/s1. The highest BCUT2D eigenvalue weighted by Crippen LogP contribution is 2.25. The van der Waals surface area contributed by atoms with Crippen molar-refractivity contribution in [2.45, 2.75) is 37.2 Å². The van der Waals surface area contributed by atoms with E-state index < -0.39 is 0 Å². The Morgan fingerprint density at radius 2 is 1.88 bits per heavy atom. The molecule has 0 aliphatic heterocycles. The van der Waals surface area contributed by atoms with E-state index in [1.807, 2.05) is 31.2 Å². The van der Waals surface area contributed by atoms with E-state index in [0.717, 1.165) is 12.0 Å². The van der Waals surface area contributed by atoms with Crippen molar-refractivity contribution in [2.24, 2.45) is 0 Å². The Morgan fingerprint density at radius 3 is 2.58 bits per heavy atom. The van der Waals surface area contributed by atoms with E-state index >= 15 is 0 Å². The van der Waals surface area contributed by atoms with Crippen LogP contribution >= 0.6 is 11.8 Å². The first-order valence-electron chi connectivity index (χ1n) is 7.98. The van der Waals surface area contributed by atoms with E-state index in [1.54, 1.807) is 16.7 Å². The molecule has 0 N–H and O–H groups in total. The average molecular weight is 342 g/mol. The summed E-state index contributed by atoms with van der Waals surface area (Å²) in [7, 11) is 0. The van der Waals surface area contributed by atoms with Crippen molar-refractivity contribution in [2.75, 3.05) is 0 Å². The van der Waals surface area contributed by atoms with Crippen LogP contribution in [0.1, 0.15) is 31.9 Å². The quantitative estimate of drug-likeness (QED) is 0.493. The third-order valence-electron chi connectivity index (χ3n) is 4.09. The van der Waals surface area contributed by atoms with Gasteiger partial charge in [-0.25, -0.2) is 9.37 Å². The van der Waals surface area contributed by atoms with Gasteiger partial charge in [-0.15, -0.1) is 0 Å². The maximum absolute atomic E-state index is 13.0. The number of aromatic nitrogens is 2. The molecular formula is C19H19FN2OS. The molecule has 3 nitrogen and oxygen atoms in total. The van der Waals surface area contributed by atoms with Gasteiger partial charge in [0.2, 0.25) is 0 Å². The van der Waals surface area contributed by atoms with Crippen LogP contribution < -0.4 is 5.56 Å². The zero-order valence-electron chi connectivity index (χ0n) is 13.7. The predicted molar refractivity (Wildman–Crippen MR) is 97.0 cm³/mol. The molecule has 0 saturated heterocycles. The lowest BCUT2D eigenvalue weighted by Gasteiger charge is -2.18. The molecule has 0 bridgehead atoms. The molecule has 124 valence electrons. The van der Waals surface area contributed by atoms with Gasteiger partial charge in [-0.1, -0.05) is 43.0 Å². The number of hydrogen-bond donors (Lipinski definition) is 0. The molecule has 0 saturated carbocycles. The zero-order valence-corrected chi connectivity index (χ0v) is 14.5. The summed E-state index contributed by atoms with van der Waals surface area (Å²) in [4.78, 5) is 17.6. The zero-order chi connectivity index (χ0) is 17.1. The Morgan fingerprint density at radius 1 is 1.17 bits per heavy atom. The Hall–Kier alpha value is -2.14. The van der Waals surface area contributed by atoms with Gasteiger partial charge in [-0.3, -0.25) is 9.36 Å². The molecule has 0 aliphatic carbocycles.